The molecule has 0 unspecified atom stereocenters. The number of nitrogens with zero attached hydrogens (tertiary/aromatic N) is 2. The summed E-state index contributed by atoms with van der Waals surface area (Å²) in [7, 11) is 0. The maximum atomic E-state index is 5.76. The minimum absolute atomic E-state index is 0.478. The predicted molar refractivity (Wildman–Crippen MR) is 81.3 cm³/mol. The molecule has 0 aliphatic carbocycles. The number of hydrogen-bond acceptors (Lipinski definition) is 4. The van der Waals surface area contributed by atoms with E-state index in [1.165, 1.54) is 17.3 Å². The highest BCUT2D eigenvalue weighted by Crippen LogP contribution is 2.11. The maximum Gasteiger partial charge on any atom is 0.180 e. The van der Waals surface area contributed by atoms with Crippen LogP contribution < -0.4 is 5.73 Å². The fourth-order valence-corrected chi connectivity index (χ4v) is 2.46. The molecule has 2 N–H and O–H groups in total. The van der Waals surface area contributed by atoms with Crippen molar-refractivity contribution in [3.8, 4) is 0 Å². The minimum atomic E-state index is 0.478. The van der Waals surface area contributed by atoms with Crippen molar-refractivity contribution >= 4 is 34.5 Å². The van der Waals surface area contributed by atoms with E-state index >= 15 is 0 Å². The second-order valence-electron chi connectivity index (χ2n) is 3.47. The van der Waals surface area contributed by atoms with Crippen LogP contribution in [0.1, 0.15) is 10.4 Å². The van der Waals surface area contributed by atoms with Crippen molar-refractivity contribution in [3.63, 3.8) is 0 Å². The zero-order chi connectivity index (χ0) is 12.6. The van der Waals surface area contributed by atoms with Crippen LogP contribution in [0, 0.1) is 0 Å². The van der Waals surface area contributed by atoms with Gasteiger partial charge in [0, 0.05) is 10.6 Å². The van der Waals surface area contributed by atoms with E-state index in [4.69, 9.17) is 5.73 Å². The van der Waals surface area contributed by atoms with Gasteiger partial charge in [-0.2, -0.15) is 5.10 Å². The van der Waals surface area contributed by atoms with Crippen molar-refractivity contribution in [2.45, 2.75) is 5.75 Å². The molecule has 0 amide bonds. The summed E-state index contributed by atoms with van der Waals surface area (Å²) in [6.45, 7) is 0. The number of nitrogens with two attached hydrogens (primary N) is 1. The zero-order valence-corrected chi connectivity index (χ0v) is 11.3. The van der Waals surface area contributed by atoms with Crippen molar-refractivity contribution in [2.24, 2.45) is 15.9 Å². The van der Waals surface area contributed by atoms with Crippen molar-refractivity contribution in [1.82, 2.24) is 0 Å². The van der Waals surface area contributed by atoms with Gasteiger partial charge < -0.3 is 5.73 Å². The lowest BCUT2D eigenvalue weighted by Crippen LogP contribution is -2.05. The van der Waals surface area contributed by atoms with Crippen LogP contribution in [0.25, 0.3) is 0 Å². The van der Waals surface area contributed by atoms with Crippen LogP contribution in [0.15, 0.2) is 58.0 Å². The van der Waals surface area contributed by atoms with E-state index < -0.39 is 0 Å². The molecule has 92 valence electrons. The average molecular weight is 275 g/mol. The summed E-state index contributed by atoms with van der Waals surface area (Å²) >= 11 is 3.10. The van der Waals surface area contributed by atoms with Gasteiger partial charge in [-0.25, -0.2) is 0 Å². The third kappa shape index (κ3) is 4.35. The van der Waals surface area contributed by atoms with Gasteiger partial charge in [0.25, 0.3) is 0 Å². The summed E-state index contributed by atoms with van der Waals surface area (Å²) in [5, 5.41) is 10.4. The van der Waals surface area contributed by atoms with Gasteiger partial charge >= 0.3 is 0 Å². The molecule has 1 heterocycles. The first kappa shape index (κ1) is 12.9. The van der Waals surface area contributed by atoms with Crippen molar-refractivity contribution in [3.05, 3.63) is 58.3 Å². The highest BCUT2D eigenvalue weighted by Gasteiger charge is 1.95. The summed E-state index contributed by atoms with van der Waals surface area (Å²) in [4.78, 5) is 1.07. The van der Waals surface area contributed by atoms with E-state index in [9.17, 15) is 0 Å². The van der Waals surface area contributed by atoms with E-state index in [1.54, 1.807) is 17.6 Å². The maximum absolute atomic E-state index is 5.76. The molecule has 0 aliphatic rings. The minimum Gasteiger partial charge on any atom is -0.377 e. The summed E-state index contributed by atoms with van der Waals surface area (Å²) < 4.78 is 0. The normalized spacial score (nSPS) is 12.1. The van der Waals surface area contributed by atoms with Crippen LogP contribution in [0.2, 0.25) is 0 Å². The number of rotatable bonds is 4. The van der Waals surface area contributed by atoms with E-state index in [0.717, 1.165) is 10.6 Å². The number of thioether (sulfide) groups is 1. The highest BCUT2D eigenvalue weighted by molar-refractivity contribution is 8.13. The van der Waals surface area contributed by atoms with E-state index in [-0.39, 0.29) is 0 Å². The SMILES string of the molecule is N/C(=N/N=C\c1cccs1)SCc1ccccc1. The Bertz CT molecular complexity index is 518. The van der Waals surface area contributed by atoms with Gasteiger partial charge in [0.2, 0.25) is 0 Å². The van der Waals surface area contributed by atoms with Crippen molar-refractivity contribution in [1.29, 1.82) is 0 Å². The van der Waals surface area contributed by atoms with Gasteiger partial charge in [0.1, 0.15) is 0 Å². The molecule has 0 fully saturated rings. The number of amidine groups is 1. The molecule has 5 heteroatoms. The number of hydrogen-bond donors (Lipinski definition) is 1. The third-order valence-electron chi connectivity index (χ3n) is 2.11. The van der Waals surface area contributed by atoms with Gasteiger partial charge in [-0.1, -0.05) is 48.2 Å². The van der Waals surface area contributed by atoms with E-state index in [1.807, 2.05) is 35.7 Å². The quantitative estimate of drug-likeness (QED) is 0.528. The smallest absolute Gasteiger partial charge is 0.180 e. The molecule has 0 atom stereocenters. The molecule has 2 rings (SSSR count). The van der Waals surface area contributed by atoms with Gasteiger partial charge in [-0.15, -0.1) is 16.4 Å². The standard InChI is InChI=1S/C13H13N3S2/c14-13(16-15-9-12-7-4-8-17-12)18-10-11-5-2-1-3-6-11/h1-9H,10H2,(H2,14,16)/b15-9-. The van der Waals surface area contributed by atoms with E-state index in [2.05, 4.69) is 22.3 Å². The fourth-order valence-electron chi connectivity index (χ4n) is 1.27. The Morgan fingerprint density at radius 2 is 2.06 bits per heavy atom. The molecule has 0 aliphatic heterocycles. The monoisotopic (exact) mass is 275 g/mol. The van der Waals surface area contributed by atoms with Gasteiger partial charge in [-0.3, -0.25) is 0 Å². The topological polar surface area (TPSA) is 50.7 Å². The van der Waals surface area contributed by atoms with Gasteiger partial charge in [0.05, 0.1) is 6.21 Å². The summed E-state index contributed by atoms with van der Waals surface area (Å²) in [6.07, 6.45) is 1.71. The predicted octanol–water partition coefficient (Wildman–Crippen LogP) is 3.33. The summed E-state index contributed by atoms with van der Waals surface area (Å²) in [5.41, 5.74) is 6.99. The Morgan fingerprint density at radius 1 is 1.22 bits per heavy atom. The molecule has 1 aromatic carbocycles. The van der Waals surface area contributed by atoms with Gasteiger partial charge in [-0.05, 0) is 17.0 Å². The number of thiophene rings is 1. The molecule has 1 aromatic heterocycles. The Morgan fingerprint density at radius 3 is 2.78 bits per heavy atom. The van der Waals surface area contributed by atoms with Crippen molar-refractivity contribution in [2.75, 3.05) is 0 Å². The molecule has 0 bridgehead atoms. The Balaban J connectivity index is 1.83. The summed E-state index contributed by atoms with van der Waals surface area (Å²) in [5.74, 6) is 0.810. The molecule has 18 heavy (non-hydrogen) atoms. The lowest BCUT2D eigenvalue weighted by Gasteiger charge is -1.98. The van der Waals surface area contributed by atoms with Crippen LogP contribution in [-0.4, -0.2) is 11.4 Å². The van der Waals surface area contributed by atoms with Crippen LogP contribution in [0.4, 0.5) is 0 Å². The lowest BCUT2D eigenvalue weighted by molar-refractivity contribution is 1.25. The van der Waals surface area contributed by atoms with Crippen LogP contribution >= 0.6 is 23.1 Å². The lowest BCUT2D eigenvalue weighted by atomic mass is 10.2. The Kier molecular flexibility index (Phi) is 4.99. The zero-order valence-electron chi connectivity index (χ0n) is 9.69. The molecular formula is C13H13N3S2. The Labute approximate surface area is 114 Å². The van der Waals surface area contributed by atoms with Crippen LogP contribution in [0.5, 0.6) is 0 Å². The molecule has 0 saturated carbocycles. The second-order valence-corrected chi connectivity index (χ2v) is 5.45. The molecule has 0 spiro atoms. The Hall–Kier alpha value is -1.59. The first-order valence-electron chi connectivity index (χ1n) is 5.41. The molecule has 0 radical (unpaired) electrons. The second kappa shape index (κ2) is 6.98. The highest BCUT2D eigenvalue weighted by atomic mass is 32.2. The molecule has 3 nitrogen and oxygen atoms in total. The van der Waals surface area contributed by atoms with Gasteiger partial charge in [0.15, 0.2) is 5.17 Å². The largest absolute Gasteiger partial charge is 0.377 e. The number of benzene rings is 1. The van der Waals surface area contributed by atoms with Crippen LogP contribution in [-0.2, 0) is 5.75 Å². The summed E-state index contributed by atoms with van der Waals surface area (Å²) in [6, 6.07) is 14.1. The van der Waals surface area contributed by atoms with E-state index in [0.29, 0.717) is 5.17 Å². The van der Waals surface area contributed by atoms with Crippen LogP contribution in [0.3, 0.4) is 0 Å². The molecule has 2 aromatic rings. The first-order chi connectivity index (χ1) is 8.84. The fraction of sp³-hybridized carbons (Fsp3) is 0.0769. The molecular weight excluding hydrogens is 262 g/mol. The third-order valence-corrected chi connectivity index (χ3v) is 3.78. The molecule has 0 saturated heterocycles. The average Bonchev–Trinajstić information content (AvgIpc) is 2.91. The first-order valence-corrected chi connectivity index (χ1v) is 7.28. The van der Waals surface area contributed by atoms with Crippen molar-refractivity contribution < 1.29 is 0 Å².